The fourth-order valence-corrected chi connectivity index (χ4v) is 4.22. The van der Waals surface area contributed by atoms with Gasteiger partial charge in [0.05, 0.1) is 0 Å². The number of nitrogens with one attached hydrogen (secondary N) is 2. The van der Waals surface area contributed by atoms with Gasteiger partial charge in [0.1, 0.15) is 6.04 Å². The zero-order chi connectivity index (χ0) is 18.9. The molecule has 2 amide bonds. The van der Waals surface area contributed by atoms with E-state index in [1.165, 1.54) is 25.7 Å². The molecular weight excluding hydrogens is 332 g/mol. The summed E-state index contributed by atoms with van der Waals surface area (Å²) in [6, 6.07) is -0.630. The molecule has 0 radical (unpaired) electrons. The third-order valence-electron chi connectivity index (χ3n) is 5.87. The van der Waals surface area contributed by atoms with Gasteiger partial charge in [-0.2, -0.15) is 0 Å². The summed E-state index contributed by atoms with van der Waals surface area (Å²) in [6.07, 6.45) is 10.6. The van der Waals surface area contributed by atoms with Crippen molar-refractivity contribution in [2.45, 2.75) is 96.1 Å². The van der Waals surface area contributed by atoms with Gasteiger partial charge >= 0.3 is 5.97 Å². The molecule has 6 heteroatoms. The predicted molar refractivity (Wildman–Crippen MR) is 99.6 cm³/mol. The Hall–Kier alpha value is -1.59. The van der Waals surface area contributed by atoms with E-state index in [0.29, 0.717) is 31.6 Å². The first kappa shape index (κ1) is 20.7. The Morgan fingerprint density at radius 1 is 1.04 bits per heavy atom. The van der Waals surface area contributed by atoms with Gasteiger partial charge in [-0.25, -0.2) is 4.79 Å². The molecule has 0 heterocycles. The maximum absolute atomic E-state index is 12.4. The van der Waals surface area contributed by atoms with Crippen molar-refractivity contribution in [2.75, 3.05) is 0 Å². The van der Waals surface area contributed by atoms with Crippen molar-refractivity contribution in [1.82, 2.24) is 10.6 Å². The highest BCUT2D eigenvalue weighted by molar-refractivity contribution is 5.85. The number of hydrogen-bond donors (Lipinski definition) is 3. The molecule has 2 saturated carbocycles. The number of amides is 2. The van der Waals surface area contributed by atoms with Crippen LogP contribution in [0.4, 0.5) is 0 Å². The monoisotopic (exact) mass is 366 g/mol. The van der Waals surface area contributed by atoms with Crippen LogP contribution in [0.5, 0.6) is 0 Å². The van der Waals surface area contributed by atoms with E-state index in [9.17, 15) is 19.5 Å². The van der Waals surface area contributed by atoms with Crippen molar-refractivity contribution in [3.05, 3.63) is 0 Å². The van der Waals surface area contributed by atoms with Crippen LogP contribution in [0.25, 0.3) is 0 Å². The van der Waals surface area contributed by atoms with Gasteiger partial charge in [-0.1, -0.05) is 32.6 Å². The van der Waals surface area contributed by atoms with Crippen LogP contribution in [0.1, 0.15) is 84.0 Å². The lowest BCUT2D eigenvalue weighted by molar-refractivity contribution is -0.143. The maximum atomic E-state index is 12.4. The predicted octanol–water partition coefficient (Wildman–Crippen LogP) is 3.00. The quantitative estimate of drug-likeness (QED) is 0.584. The highest BCUT2D eigenvalue weighted by Gasteiger charge is 2.30. The molecule has 3 N–H and O–H groups in total. The third kappa shape index (κ3) is 6.61. The topological polar surface area (TPSA) is 95.5 Å². The molecule has 26 heavy (non-hydrogen) atoms. The molecule has 2 fully saturated rings. The summed E-state index contributed by atoms with van der Waals surface area (Å²) in [5, 5.41) is 15.1. The zero-order valence-corrected chi connectivity index (χ0v) is 16.0. The van der Waals surface area contributed by atoms with Crippen molar-refractivity contribution < 1.29 is 19.5 Å². The van der Waals surface area contributed by atoms with Gasteiger partial charge in [0, 0.05) is 18.4 Å². The summed E-state index contributed by atoms with van der Waals surface area (Å²) >= 11 is 0. The normalized spacial score (nSPS) is 24.8. The van der Waals surface area contributed by atoms with E-state index in [-0.39, 0.29) is 23.8 Å². The van der Waals surface area contributed by atoms with Gasteiger partial charge in [-0.15, -0.1) is 0 Å². The molecule has 0 saturated heterocycles. The van der Waals surface area contributed by atoms with Gasteiger partial charge in [-0.3, -0.25) is 9.59 Å². The minimum atomic E-state index is -0.959. The van der Waals surface area contributed by atoms with Crippen molar-refractivity contribution in [2.24, 2.45) is 11.8 Å². The van der Waals surface area contributed by atoms with Gasteiger partial charge in [0.15, 0.2) is 0 Å². The second-order valence-electron chi connectivity index (χ2n) is 8.01. The van der Waals surface area contributed by atoms with Crippen LogP contribution in [0.15, 0.2) is 0 Å². The van der Waals surface area contributed by atoms with E-state index in [0.717, 1.165) is 25.7 Å². The standard InChI is InChI=1S/C20H34N2O4/c1-2-3-8-17(20(25)26)22-19(24)15-9-11-16(12-10-15)21-18(23)13-14-6-4-5-7-14/h14-17H,2-13H2,1H3,(H,21,23)(H,22,24)(H,25,26). The minimum absolute atomic E-state index is 0.138. The number of hydrogen-bond acceptors (Lipinski definition) is 3. The summed E-state index contributed by atoms with van der Waals surface area (Å²) in [7, 11) is 0. The average molecular weight is 367 g/mol. The molecule has 1 atom stereocenters. The summed E-state index contributed by atoms with van der Waals surface area (Å²) in [4.78, 5) is 35.8. The fourth-order valence-electron chi connectivity index (χ4n) is 4.22. The first-order chi connectivity index (χ1) is 12.5. The van der Waals surface area contributed by atoms with E-state index in [1.54, 1.807) is 0 Å². The Balaban J connectivity index is 1.70. The average Bonchev–Trinajstić information content (AvgIpc) is 3.11. The Morgan fingerprint density at radius 3 is 2.27 bits per heavy atom. The number of carboxylic acids is 1. The molecule has 0 aromatic rings. The van der Waals surface area contributed by atoms with Crippen LogP contribution in [0.3, 0.4) is 0 Å². The highest BCUT2D eigenvalue weighted by Crippen LogP contribution is 2.28. The van der Waals surface area contributed by atoms with Crippen LogP contribution >= 0.6 is 0 Å². The number of aliphatic carboxylic acids is 1. The molecule has 6 nitrogen and oxygen atoms in total. The summed E-state index contributed by atoms with van der Waals surface area (Å²) in [6.45, 7) is 2.00. The molecule has 148 valence electrons. The lowest BCUT2D eigenvalue weighted by Crippen LogP contribution is -2.46. The maximum Gasteiger partial charge on any atom is 0.326 e. The molecule has 2 rings (SSSR count). The van der Waals surface area contributed by atoms with Crippen LogP contribution in [0, 0.1) is 11.8 Å². The van der Waals surface area contributed by atoms with Crippen LogP contribution in [0.2, 0.25) is 0 Å². The lowest BCUT2D eigenvalue weighted by atomic mass is 9.85. The number of rotatable bonds is 9. The minimum Gasteiger partial charge on any atom is -0.480 e. The molecule has 1 unspecified atom stereocenters. The summed E-state index contributed by atoms with van der Waals surface area (Å²) in [5.74, 6) is -0.547. The van der Waals surface area contributed by atoms with Crippen molar-refractivity contribution in [3.8, 4) is 0 Å². The second-order valence-corrected chi connectivity index (χ2v) is 8.01. The molecule has 0 aromatic carbocycles. The second kappa shape index (κ2) is 10.5. The summed E-state index contributed by atoms with van der Waals surface area (Å²) < 4.78 is 0. The first-order valence-corrected chi connectivity index (χ1v) is 10.3. The highest BCUT2D eigenvalue weighted by atomic mass is 16.4. The van der Waals surface area contributed by atoms with E-state index < -0.39 is 12.0 Å². The van der Waals surface area contributed by atoms with Gasteiger partial charge in [0.25, 0.3) is 0 Å². The fraction of sp³-hybridized carbons (Fsp3) is 0.850. The molecule has 0 aliphatic heterocycles. The van der Waals surface area contributed by atoms with Crippen molar-refractivity contribution >= 4 is 17.8 Å². The van der Waals surface area contributed by atoms with E-state index >= 15 is 0 Å². The number of carbonyl (C=O) groups excluding carboxylic acids is 2. The first-order valence-electron chi connectivity index (χ1n) is 10.3. The number of carbonyl (C=O) groups is 3. The Labute approximate surface area is 156 Å². The van der Waals surface area contributed by atoms with Crippen LogP contribution < -0.4 is 10.6 Å². The molecule has 2 aliphatic rings. The van der Waals surface area contributed by atoms with Crippen molar-refractivity contribution in [3.63, 3.8) is 0 Å². The molecule has 2 aliphatic carbocycles. The molecular formula is C20H34N2O4. The van der Waals surface area contributed by atoms with E-state index in [1.807, 2.05) is 6.92 Å². The van der Waals surface area contributed by atoms with Crippen LogP contribution in [-0.4, -0.2) is 35.0 Å². The number of carboxylic acid groups (broad SMARTS) is 1. The smallest absolute Gasteiger partial charge is 0.326 e. The number of unbranched alkanes of at least 4 members (excludes halogenated alkanes) is 1. The largest absolute Gasteiger partial charge is 0.480 e. The summed E-state index contributed by atoms with van der Waals surface area (Å²) in [5.41, 5.74) is 0. The molecule has 0 spiro atoms. The van der Waals surface area contributed by atoms with Gasteiger partial charge in [-0.05, 0) is 50.9 Å². The van der Waals surface area contributed by atoms with E-state index in [4.69, 9.17) is 0 Å². The van der Waals surface area contributed by atoms with Crippen molar-refractivity contribution in [1.29, 1.82) is 0 Å². The van der Waals surface area contributed by atoms with Gasteiger partial charge < -0.3 is 15.7 Å². The Bertz CT molecular complexity index is 480. The Morgan fingerprint density at radius 2 is 1.69 bits per heavy atom. The molecule has 0 aromatic heterocycles. The SMILES string of the molecule is CCCCC(NC(=O)C1CCC(NC(=O)CC2CCCC2)CC1)C(=O)O. The van der Waals surface area contributed by atoms with Crippen LogP contribution in [-0.2, 0) is 14.4 Å². The molecule has 0 bridgehead atoms. The Kier molecular flexibility index (Phi) is 8.39. The van der Waals surface area contributed by atoms with E-state index in [2.05, 4.69) is 10.6 Å². The van der Waals surface area contributed by atoms with Gasteiger partial charge in [0.2, 0.25) is 11.8 Å². The zero-order valence-electron chi connectivity index (χ0n) is 16.0. The lowest BCUT2D eigenvalue weighted by Gasteiger charge is -2.29. The third-order valence-corrected chi connectivity index (χ3v) is 5.87.